The maximum absolute atomic E-state index is 13.3. The summed E-state index contributed by atoms with van der Waals surface area (Å²) >= 11 is 5.70. The van der Waals surface area contributed by atoms with Crippen LogP contribution in [0.1, 0.15) is 0 Å². The van der Waals surface area contributed by atoms with Gasteiger partial charge in [0.1, 0.15) is 10.8 Å². The number of nitrogens with zero attached hydrogens (tertiary/aromatic N) is 1. The highest BCUT2D eigenvalue weighted by atomic mass is 35.5. The highest BCUT2D eigenvalue weighted by Gasteiger charge is 2.07. The minimum absolute atomic E-state index is 0.106. The molecular weight excluding hydrogens is 233 g/mol. The summed E-state index contributed by atoms with van der Waals surface area (Å²) in [5.41, 5.74) is -0.266. The van der Waals surface area contributed by atoms with Crippen molar-refractivity contribution in [3.05, 3.63) is 51.8 Å². The van der Waals surface area contributed by atoms with Crippen molar-refractivity contribution in [3.63, 3.8) is 0 Å². The molecule has 0 atom stereocenters. The molecule has 1 aromatic heterocycles. The van der Waals surface area contributed by atoms with Gasteiger partial charge in [0.05, 0.1) is 12.0 Å². The van der Waals surface area contributed by atoms with E-state index in [4.69, 9.17) is 11.6 Å². The Morgan fingerprint density at radius 3 is 2.88 bits per heavy atom. The van der Waals surface area contributed by atoms with Gasteiger partial charge in [0, 0.05) is 0 Å². The van der Waals surface area contributed by atoms with Crippen molar-refractivity contribution in [3.8, 4) is 0 Å². The van der Waals surface area contributed by atoms with Crippen molar-refractivity contribution >= 4 is 23.1 Å². The number of nitrogens with one attached hydrogen (secondary N) is 2. The summed E-state index contributed by atoms with van der Waals surface area (Å²) in [6, 6.07) is 6.04. The first-order chi connectivity index (χ1) is 7.68. The van der Waals surface area contributed by atoms with Gasteiger partial charge in [-0.3, -0.25) is 4.79 Å². The summed E-state index contributed by atoms with van der Waals surface area (Å²) < 4.78 is 13.3. The number of H-pyrrole nitrogens is 1. The molecule has 2 aromatic rings. The van der Waals surface area contributed by atoms with E-state index in [1.807, 2.05) is 0 Å². The van der Waals surface area contributed by atoms with Gasteiger partial charge in [0.15, 0.2) is 5.82 Å². The third-order valence-corrected chi connectivity index (χ3v) is 2.27. The smallest absolute Gasteiger partial charge is 0.271 e. The standard InChI is InChI=1S/C10H7ClFN3O/c11-8-9(13-5-14-10(8)16)15-7-4-2-1-3-6(7)12/h1-5H,(H2,13,14,15,16). The average Bonchev–Trinajstić information content (AvgIpc) is 2.28. The summed E-state index contributed by atoms with van der Waals surface area (Å²) in [5, 5.41) is 2.54. The van der Waals surface area contributed by atoms with E-state index in [9.17, 15) is 9.18 Å². The number of hydrogen-bond donors (Lipinski definition) is 2. The van der Waals surface area contributed by atoms with Crippen LogP contribution in [0.5, 0.6) is 0 Å². The Labute approximate surface area is 95.1 Å². The van der Waals surface area contributed by atoms with Gasteiger partial charge in [-0.25, -0.2) is 9.37 Å². The molecule has 82 valence electrons. The Morgan fingerprint density at radius 2 is 2.12 bits per heavy atom. The largest absolute Gasteiger partial charge is 0.336 e. The predicted octanol–water partition coefficient (Wildman–Crippen LogP) is 2.31. The van der Waals surface area contributed by atoms with Crippen LogP contribution in [0.25, 0.3) is 0 Å². The molecule has 0 unspecified atom stereocenters. The highest BCUT2D eigenvalue weighted by molar-refractivity contribution is 6.32. The zero-order valence-corrected chi connectivity index (χ0v) is 8.75. The molecule has 0 spiro atoms. The van der Waals surface area contributed by atoms with Gasteiger partial charge in [-0.05, 0) is 12.1 Å². The molecule has 0 fully saturated rings. The third kappa shape index (κ3) is 2.04. The second-order valence-electron chi connectivity index (χ2n) is 3.00. The summed E-state index contributed by atoms with van der Waals surface area (Å²) in [6.07, 6.45) is 1.19. The van der Waals surface area contributed by atoms with Gasteiger partial charge < -0.3 is 10.3 Å². The van der Waals surface area contributed by atoms with Gasteiger partial charge in [-0.15, -0.1) is 0 Å². The van der Waals surface area contributed by atoms with E-state index in [0.29, 0.717) is 0 Å². The molecule has 0 saturated carbocycles. The quantitative estimate of drug-likeness (QED) is 0.846. The lowest BCUT2D eigenvalue weighted by atomic mass is 10.3. The first-order valence-electron chi connectivity index (χ1n) is 4.43. The van der Waals surface area contributed by atoms with E-state index >= 15 is 0 Å². The van der Waals surface area contributed by atoms with E-state index in [1.54, 1.807) is 12.1 Å². The van der Waals surface area contributed by atoms with E-state index in [2.05, 4.69) is 15.3 Å². The Bertz CT molecular complexity index is 570. The fourth-order valence-corrected chi connectivity index (χ4v) is 1.31. The van der Waals surface area contributed by atoms with Crippen LogP contribution in [0.4, 0.5) is 15.9 Å². The number of aromatic nitrogens is 2. The van der Waals surface area contributed by atoms with Crippen molar-refractivity contribution in [1.82, 2.24) is 9.97 Å². The van der Waals surface area contributed by atoms with Gasteiger partial charge in [0.2, 0.25) is 0 Å². The Morgan fingerprint density at radius 1 is 1.38 bits per heavy atom. The molecule has 2 rings (SSSR count). The zero-order valence-electron chi connectivity index (χ0n) is 8.00. The van der Waals surface area contributed by atoms with Crippen molar-refractivity contribution in [2.24, 2.45) is 0 Å². The van der Waals surface area contributed by atoms with E-state index in [1.165, 1.54) is 18.5 Å². The number of benzene rings is 1. The number of aromatic amines is 1. The van der Waals surface area contributed by atoms with Crippen LogP contribution >= 0.6 is 11.6 Å². The number of rotatable bonds is 2. The topological polar surface area (TPSA) is 57.8 Å². The lowest BCUT2D eigenvalue weighted by Crippen LogP contribution is -2.10. The summed E-state index contributed by atoms with van der Waals surface area (Å²) in [5.74, 6) is -0.323. The van der Waals surface area contributed by atoms with Gasteiger partial charge in [-0.1, -0.05) is 23.7 Å². The Balaban J connectivity index is 2.38. The van der Waals surface area contributed by atoms with Gasteiger partial charge in [-0.2, -0.15) is 0 Å². The molecule has 0 aliphatic heterocycles. The number of anilines is 2. The van der Waals surface area contributed by atoms with E-state index in [-0.39, 0.29) is 16.5 Å². The number of para-hydroxylation sites is 1. The van der Waals surface area contributed by atoms with Crippen molar-refractivity contribution in [2.75, 3.05) is 5.32 Å². The molecule has 2 N–H and O–H groups in total. The Kier molecular flexibility index (Phi) is 2.87. The first-order valence-corrected chi connectivity index (χ1v) is 4.81. The molecule has 1 heterocycles. The van der Waals surface area contributed by atoms with Gasteiger partial charge >= 0.3 is 0 Å². The first kappa shape index (κ1) is 10.6. The molecule has 0 aliphatic carbocycles. The monoisotopic (exact) mass is 239 g/mol. The van der Waals surface area contributed by atoms with Crippen LogP contribution in [0, 0.1) is 5.82 Å². The molecule has 16 heavy (non-hydrogen) atoms. The van der Waals surface area contributed by atoms with Crippen LogP contribution in [0.2, 0.25) is 5.02 Å². The molecule has 6 heteroatoms. The lowest BCUT2D eigenvalue weighted by molar-refractivity contribution is 0.632. The van der Waals surface area contributed by atoms with Crippen LogP contribution < -0.4 is 10.9 Å². The number of hydrogen-bond acceptors (Lipinski definition) is 3. The average molecular weight is 240 g/mol. The SMILES string of the molecule is O=c1[nH]cnc(Nc2ccccc2F)c1Cl. The molecule has 4 nitrogen and oxygen atoms in total. The molecule has 0 bridgehead atoms. The fourth-order valence-electron chi connectivity index (χ4n) is 1.16. The van der Waals surface area contributed by atoms with Crippen LogP contribution in [0.15, 0.2) is 35.4 Å². The summed E-state index contributed by atoms with van der Waals surface area (Å²) in [6.45, 7) is 0. The minimum atomic E-state index is -0.476. The molecule has 0 radical (unpaired) electrons. The summed E-state index contributed by atoms with van der Waals surface area (Å²) in [4.78, 5) is 17.3. The lowest BCUT2D eigenvalue weighted by Gasteiger charge is -2.06. The summed E-state index contributed by atoms with van der Waals surface area (Å²) in [7, 11) is 0. The molecule has 0 saturated heterocycles. The van der Waals surface area contributed by atoms with Crippen LogP contribution in [-0.2, 0) is 0 Å². The minimum Gasteiger partial charge on any atom is -0.336 e. The van der Waals surface area contributed by atoms with E-state index in [0.717, 1.165) is 0 Å². The van der Waals surface area contributed by atoms with Crippen LogP contribution in [-0.4, -0.2) is 9.97 Å². The van der Waals surface area contributed by atoms with E-state index < -0.39 is 11.4 Å². The molecule has 1 aromatic carbocycles. The van der Waals surface area contributed by atoms with Crippen molar-refractivity contribution in [2.45, 2.75) is 0 Å². The second-order valence-corrected chi connectivity index (χ2v) is 3.38. The Hall–Kier alpha value is -1.88. The van der Waals surface area contributed by atoms with Crippen LogP contribution in [0.3, 0.4) is 0 Å². The van der Waals surface area contributed by atoms with Gasteiger partial charge in [0.25, 0.3) is 5.56 Å². The predicted molar refractivity (Wildman–Crippen MR) is 59.6 cm³/mol. The maximum Gasteiger partial charge on any atom is 0.271 e. The molecule has 0 aliphatic rings. The number of halogens is 2. The molecule has 0 amide bonds. The van der Waals surface area contributed by atoms with Crippen molar-refractivity contribution in [1.29, 1.82) is 0 Å². The second kappa shape index (κ2) is 4.32. The third-order valence-electron chi connectivity index (χ3n) is 1.92. The molecular formula is C10H7ClFN3O. The fraction of sp³-hybridized carbons (Fsp3) is 0. The zero-order chi connectivity index (χ0) is 11.5. The highest BCUT2D eigenvalue weighted by Crippen LogP contribution is 2.21. The maximum atomic E-state index is 13.3. The van der Waals surface area contributed by atoms with Crippen molar-refractivity contribution < 1.29 is 4.39 Å². The normalized spacial score (nSPS) is 10.1.